The van der Waals surface area contributed by atoms with Crippen LogP contribution in [0.5, 0.6) is 0 Å². The molecule has 1 aromatic rings. The van der Waals surface area contributed by atoms with Gasteiger partial charge in [-0.3, -0.25) is 0 Å². The molecule has 0 aliphatic heterocycles. The van der Waals surface area contributed by atoms with Crippen molar-refractivity contribution in [1.82, 2.24) is 10.3 Å². The molecule has 0 saturated heterocycles. The van der Waals surface area contributed by atoms with E-state index in [0.717, 1.165) is 10.0 Å². The van der Waals surface area contributed by atoms with Gasteiger partial charge in [0.05, 0.1) is 5.02 Å². The largest absolute Gasteiger partial charge is 0.365 e. The second-order valence-electron chi connectivity index (χ2n) is 2.60. The summed E-state index contributed by atoms with van der Waals surface area (Å²) >= 11 is 14.3. The molecule has 2 N–H and O–H groups in total. The average Bonchev–Trinajstić information content (AvgIpc) is 2.19. The number of nitrogens with one attached hydrogen (secondary N) is 2. The lowest BCUT2D eigenvalue weighted by Gasteiger charge is -2.10. The van der Waals surface area contributed by atoms with Gasteiger partial charge in [-0.25, -0.2) is 4.98 Å². The first-order valence-electron chi connectivity index (χ1n) is 3.85. The van der Waals surface area contributed by atoms with Crippen LogP contribution in [-0.2, 0) is 0 Å². The highest BCUT2D eigenvalue weighted by Crippen LogP contribution is 2.28. The second kappa shape index (κ2) is 4.91. The molecule has 0 atom stereocenters. The van der Waals surface area contributed by atoms with Gasteiger partial charge in [0, 0.05) is 17.7 Å². The maximum absolute atomic E-state index is 6.06. The van der Waals surface area contributed by atoms with E-state index >= 15 is 0 Å². The highest BCUT2D eigenvalue weighted by Gasteiger charge is 2.08. The van der Waals surface area contributed by atoms with Crippen molar-refractivity contribution in [2.45, 2.75) is 6.92 Å². The Morgan fingerprint density at radius 3 is 2.86 bits per heavy atom. The molecule has 1 rings (SSSR count). The Morgan fingerprint density at radius 2 is 2.29 bits per heavy atom. The quantitative estimate of drug-likeness (QED) is 0.781. The van der Waals surface area contributed by atoms with E-state index in [1.807, 2.05) is 6.92 Å². The standard InChI is InChI=1S/C8H9BrClN3S/c1-4-5(9)3-12-7(6(4)10)13-8(14)11-2/h3H,1-2H3,(H2,11,12,13,14). The van der Waals surface area contributed by atoms with E-state index in [1.54, 1.807) is 13.2 Å². The molecule has 0 bridgehead atoms. The monoisotopic (exact) mass is 293 g/mol. The van der Waals surface area contributed by atoms with Crippen LogP contribution in [0.2, 0.25) is 5.02 Å². The topological polar surface area (TPSA) is 37.0 Å². The van der Waals surface area contributed by atoms with Crippen molar-refractivity contribution in [3.05, 3.63) is 21.3 Å². The number of halogens is 2. The summed E-state index contributed by atoms with van der Waals surface area (Å²) in [6.07, 6.45) is 1.68. The van der Waals surface area contributed by atoms with E-state index in [9.17, 15) is 0 Å². The van der Waals surface area contributed by atoms with Crippen molar-refractivity contribution in [2.24, 2.45) is 0 Å². The van der Waals surface area contributed by atoms with Gasteiger partial charge in [-0.05, 0) is 40.6 Å². The van der Waals surface area contributed by atoms with Crippen LogP contribution in [0.1, 0.15) is 5.56 Å². The van der Waals surface area contributed by atoms with E-state index < -0.39 is 0 Å². The lowest BCUT2D eigenvalue weighted by molar-refractivity contribution is 1.18. The summed E-state index contributed by atoms with van der Waals surface area (Å²) in [4.78, 5) is 4.11. The summed E-state index contributed by atoms with van der Waals surface area (Å²) in [5, 5.41) is 6.72. The van der Waals surface area contributed by atoms with Gasteiger partial charge in [0.25, 0.3) is 0 Å². The first-order valence-corrected chi connectivity index (χ1v) is 5.43. The van der Waals surface area contributed by atoms with Gasteiger partial charge < -0.3 is 10.6 Å². The minimum atomic E-state index is 0.487. The molecule has 0 aliphatic rings. The predicted octanol–water partition coefficient (Wildman–Crippen LogP) is 2.72. The summed E-state index contributed by atoms with van der Waals surface area (Å²) in [7, 11) is 1.73. The third kappa shape index (κ3) is 2.56. The van der Waals surface area contributed by atoms with E-state index in [4.69, 9.17) is 23.8 Å². The number of nitrogens with zero attached hydrogens (tertiary/aromatic N) is 1. The Morgan fingerprint density at radius 1 is 1.64 bits per heavy atom. The molecule has 76 valence electrons. The van der Waals surface area contributed by atoms with Gasteiger partial charge in [0.2, 0.25) is 0 Å². The van der Waals surface area contributed by atoms with Crippen LogP contribution >= 0.6 is 39.7 Å². The number of anilines is 1. The molecule has 6 heteroatoms. The molecule has 1 heterocycles. The normalized spacial score (nSPS) is 9.71. The molecule has 0 saturated carbocycles. The summed E-state index contributed by atoms with van der Waals surface area (Å²) in [6.45, 7) is 1.90. The predicted molar refractivity (Wildman–Crippen MR) is 67.0 cm³/mol. The summed E-state index contributed by atoms with van der Waals surface area (Å²) in [6, 6.07) is 0. The van der Waals surface area contributed by atoms with Crippen molar-refractivity contribution in [2.75, 3.05) is 12.4 Å². The van der Waals surface area contributed by atoms with Gasteiger partial charge in [0.1, 0.15) is 0 Å². The molecule has 0 fully saturated rings. The van der Waals surface area contributed by atoms with Crippen LogP contribution < -0.4 is 10.6 Å². The fourth-order valence-corrected chi connectivity index (χ4v) is 1.52. The fourth-order valence-electron chi connectivity index (χ4n) is 0.814. The van der Waals surface area contributed by atoms with Crippen LogP contribution in [0.3, 0.4) is 0 Å². The number of rotatable bonds is 1. The maximum Gasteiger partial charge on any atom is 0.171 e. The average molecular weight is 295 g/mol. The lowest BCUT2D eigenvalue weighted by Crippen LogP contribution is -2.24. The third-order valence-corrected chi connectivity index (χ3v) is 3.23. The van der Waals surface area contributed by atoms with Crippen molar-refractivity contribution in [3.63, 3.8) is 0 Å². The van der Waals surface area contributed by atoms with Crippen LogP contribution in [0.25, 0.3) is 0 Å². The number of pyridine rings is 1. The zero-order valence-electron chi connectivity index (χ0n) is 7.69. The Kier molecular flexibility index (Phi) is 4.10. The molecule has 0 aromatic carbocycles. The van der Waals surface area contributed by atoms with Gasteiger partial charge in [-0.15, -0.1) is 0 Å². The lowest BCUT2D eigenvalue weighted by atomic mass is 10.3. The minimum Gasteiger partial charge on any atom is -0.365 e. The first-order chi connectivity index (χ1) is 6.56. The molecule has 0 unspecified atom stereocenters. The first kappa shape index (κ1) is 11.7. The molecule has 1 aromatic heterocycles. The highest BCUT2D eigenvalue weighted by atomic mass is 79.9. The molecule has 0 spiro atoms. The van der Waals surface area contributed by atoms with Crippen molar-refractivity contribution in [3.8, 4) is 0 Å². The zero-order valence-corrected chi connectivity index (χ0v) is 10.8. The Labute approximate surface area is 101 Å². The molecule has 14 heavy (non-hydrogen) atoms. The molecular weight excluding hydrogens is 286 g/mol. The van der Waals surface area contributed by atoms with Crippen LogP contribution in [0, 0.1) is 6.92 Å². The van der Waals surface area contributed by atoms with Crippen molar-refractivity contribution >= 4 is 50.7 Å². The van der Waals surface area contributed by atoms with E-state index in [1.165, 1.54) is 0 Å². The van der Waals surface area contributed by atoms with Crippen molar-refractivity contribution < 1.29 is 0 Å². The summed E-state index contributed by atoms with van der Waals surface area (Å²) < 4.78 is 0.878. The number of thiocarbonyl (C=S) groups is 1. The third-order valence-electron chi connectivity index (χ3n) is 1.66. The van der Waals surface area contributed by atoms with Gasteiger partial charge in [-0.2, -0.15) is 0 Å². The molecule has 0 aliphatic carbocycles. The fraction of sp³-hybridized carbons (Fsp3) is 0.250. The molecular formula is C8H9BrClN3S. The van der Waals surface area contributed by atoms with Crippen LogP contribution in [-0.4, -0.2) is 17.1 Å². The van der Waals surface area contributed by atoms with Gasteiger partial charge in [0.15, 0.2) is 10.9 Å². The Balaban J connectivity index is 3.00. The minimum absolute atomic E-state index is 0.487. The van der Waals surface area contributed by atoms with E-state index in [0.29, 0.717) is 16.0 Å². The second-order valence-corrected chi connectivity index (χ2v) is 4.24. The number of hydrogen-bond donors (Lipinski definition) is 2. The molecule has 3 nitrogen and oxygen atoms in total. The van der Waals surface area contributed by atoms with Crippen molar-refractivity contribution in [1.29, 1.82) is 0 Å². The number of aromatic nitrogens is 1. The van der Waals surface area contributed by atoms with Crippen LogP contribution in [0.4, 0.5) is 5.82 Å². The number of hydrogen-bond acceptors (Lipinski definition) is 2. The van der Waals surface area contributed by atoms with E-state index in [-0.39, 0.29) is 0 Å². The van der Waals surface area contributed by atoms with Gasteiger partial charge in [-0.1, -0.05) is 11.6 Å². The molecule has 0 amide bonds. The zero-order chi connectivity index (χ0) is 10.7. The highest BCUT2D eigenvalue weighted by molar-refractivity contribution is 9.10. The molecule has 0 radical (unpaired) electrons. The SMILES string of the molecule is CNC(=S)Nc1ncc(Br)c(C)c1Cl. The Bertz CT molecular complexity index is 370. The maximum atomic E-state index is 6.06. The van der Waals surface area contributed by atoms with E-state index in [2.05, 4.69) is 31.5 Å². The van der Waals surface area contributed by atoms with Gasteiger partial charge >= 0.3 is 0 Å². The summed E-state index contributed by atoms with van der Waals surface area (Å²) in [5.41, 5.74) is 0.933. The summed E-state index contributed by atoms with van der Waals surface area (Å²) in [5.74, 6) is 0.562. The Hall–Kier alpha value is -0.390. The van der Waals surface area contributed by atoms with Crippen LogP contribution in [0.15, 0.2) is 10.7 Å². The smallest absolute Gasteiger partial charge is 0.171 e.